The summed E-state index contributed by atoms with van der Waals surface area (Å²) in [6, 6.07) is 16.9. The van der Waals surface area contributed by atoms with Crippen LogP contribution in [0.25, 0.3) is 0 Å². The van der Waals surface area contributed by atoms with Gasteiger partial charge in [0, 0.05) is 12.0 Å². The van der Waals surface area contributed by atoms with Gasteiger partial charge in [0.1, 0.15) is 11.5 Å². The van der Waals surface area contributed by atoms with Gasteiger partial charge in [0.15, 0.2) is 0 Å². The molecular formula is C15H15O2. The lowest BCUT2D eigenvalue weighted by Gasteiger charge is -2.12. The Morgan fingerprint density at radius 1 is 0.941 bits per heavy atom. The molecule has 0 fully saturated rings. The fourth-order valence-corrected chi connectivity index (χ4v) is 1.83. The van der Waals surface area contributed by atoms with E-state index in [0.717, 1.165) is 23.5 Å². The molecule has 0 saturated carbocycles. The molecular weight excluding hydrogens is 212 g/mol. The molecule has 0 aliphatic carbocycles. The normalized spacial score (nSPS) is 10.0. The van der Waals surface area contributed by atoms with E-state index in [4.69, 9.17) is 9.47 Å². The van der Waals surface area contributed by atoms with Gasteiger partial charge in [0.2, 0.25) is 0 Å². The lowest BCUT2D eigenvalue weighted by molar-refractivity contribution is 0.386. The minimum absolute atomic E-state index is 0.794. The minimum atomic E-state index is 0.794. The van der Waals surface area contributed by atoms with Gasteiger partial charge in [-0.05, 0) is 23.8 Å². The van der Waals surface area contributed by atoms with Crippen molar-refractivity contribution in [2.75, 3.05) is 14.2 Å². The highest BCUT2D eigenvalue weighted by molar-refractivity contribution is 5.47. The fraction of sp³-hybridized carbons (Fsp3) is 0.200. The Hall–Kier alpha value is -1.96. The first-order valence-electron chi connectivity index (χ1n) is 5.50. The molecule has 0 unspecified atom stereocenters. The maximum Gasteiger partial charge on any atom is 0.126 e. The Morgan fingerprint density at radius 2 is 1.53 bits per heavy atom. The highest BCUT2D eigenvalue weighted by Gasteiger charge is 2.10. The molecule has 1 radical (unpaired) electrons. The SMILES string of the molecule is COc1c[c]cc(OC)c1Cc1ccccc1. The Morgan fingerprint density at radius 3 is 2.06 bits per heavy atom. The van der Waals surface area contributed by atoms with E-state index >= 15 is 0 Å². The third kappa shape index (κ3) is 2.59. The van der Waals surface area contributed by atoms with Crippen molar-refractivity contribution in [3.8, 4) is 11.5 Å². The van der Waals surface area contributed by atoms with Crippen molar-refractivity contribution in [1.29, 1.82) is 0 Å². The molecule has 0 aliphatic rings. The van der Waals surface area contributed by atoms with Crippen molar-refractivity contribution < 1.29 is 9.47 Å². The molecule has 0 amide bonds. The summed E-state index contributed by atoms with van der Waals surface area (Å²) in [7, 11) is 3.33. The van der Waals surface area contributed by atoms with E-state index in [1.807, 2.05) is 30.3 Å². The van der Waals surface area contributed by atoms with Crippen molar-refractivity contribution >= 4 is 0 Å². The Bertz CT molecular complexity index is 455. The molecule has 0 saturated heterocycles. The van der Waals surface area contributed by atoms with Crippen molar-refractivity contribution in [2.24, 2.45) is 0 Å². The molecule has 2 heteroatoms. The summed E-state index contributed by atoms with van der Waals surface area (Å²) in [5.74, 6) is 1.63. The molecule has 2 nitrogen and oxygen atoms in total. The van der Waals surface area contributed by atoms with E-state index in [0.29, 0.717) is 0 Å². The van der Waals surface area contributed by atoms with Crippen LogP contribution in [-0.2, 0) is 6.42 Å². The summed E-state index contributed by atoms with van der Waals surface area (Å²) in [5.41, 5.74) is 2.29. The summed E-state index contributed by atoms with van der Waals surface area (Å²) >= 11 is 0. The predicted molar refractivity (Wildman–Crippen MR) is 67.6 cm³/mol. The third-order valence-electron chi connectivity index (χ3n) is 2.69. The van der Waals surface area contributed by atoms with Crippen LogP contribution in [0.3, 0.4) is 0 Å². The number of hydrogen-bond donors (Lipinski definition) is 0. The largest absolute Gasteiger partial charge is 0.496 e. The first-order valence-corrected chi connectivity index (χ1v) is 5.50. The number of hydrogen-bond acceptors (Lipinski definition) is 2. The second-order valence-electron chi connectivity index (χ2n) is 3.73. The fourth-order valence-electron chi connectivity index (χ4n) is 1.83. The van der Waals surface area contributed by atoms with E-state index < -0.39 is 0 Å². The van der Waals surface area contributed by atoms with Crippen LogP contribution in [0.2, 0.25) is 0 Å². The molecule has 0 aromatic heterocycles. The number of methoxy groups -OCH3 is 2. The average Bonchev–Trinajstić information content (AvgIpc) is 2.40. The molecule has 0 spiro atoms. The lowest BCUT2D eigenvalue weighted by atomic mass is 10.0. The maximum atomic E-state index is 5.35. The van der Waals surface area contributed by atoms with E-state index in [1.165, 1.54) is 5.56 Å². The molecule has 2 aromatic rings. The average molecular weight is 227 g/mol. The summed E-state index contributed by atoms with van der Waals surface area (Å²) in [4.78, 5) is 0. The molecule has 0 aliphatic heterocycles. The van der Waals surface area contributed by atoms with Crippen LogP contribution in [0.1, 0.15) is 11.1 Å². The minimum Gasteiger partial charge on any atom is -0.496 e. The first kappa shape index (κ1) is 11.5. The molecule has 0 bridgehead atoms. The standard InChI is InChI=1S/C15H15O2/c1-16-14-9-6-10-15(17-2)13(14)11-12-7-4-3-5-8-12/h3-5,7-10H,11H2,1-2H3. The molecule has 2 rings (SSSR count). The quantitative estimate of drug-likeness (QED) is 0.799. The summed E-state index contributed by atoms with van der Waals surface area (Å²) in [6.45, 7) is 0. The smallest absolute Gasteiger partial charge is 0.126 e. The summed E-state index contributed by atoms with van der Waals surface area (Å²) in [5, 5.41) is 0. The van der Waals surface area contributed by atoms with Gasteiger partial charge in [0.05, 0.1) is 14.2 Å². The monoisotopic (exact) mass is 227 g/mol. The van der Waals surface area contributed by atoms with Gasteiger partial charge in [-0.15, -0.1) is 0 Å². The van der Waals surface area contributed by atoms with Gasteiger partial charge in [-0.2, -0.15) is 0 Å². The first-order chi connectivity index (χ1) is 8.35. The highest BCUT2D eigenvalue weighted by Crippen LogP contribution is 2.30. The van der Waals surface area contributed by atoms with Crippen molar-refractivity contribution in [3.63, 3.8) is 0 Å². The summed E-state index contributed by atoms with van der Waals surface area (Å²) in [6.07, 6.45) is 0.794. The second-order valence-corrected chi connectivity index (χ2v) is 3.73. The van der Waals surface area contributed by atoms with Crippen molar-refractivity contribution in [2.45, 2.75) is 6.42 Å². The maximum absolute atomic E-state index is 5.35. The Kier molecular flexibility index (Phi) is 3.66. The van der Waals surface area contributed by atoms with Crippen LogP contribution >= 0.6 is 0 Å². The van der Waals surface area contributed by atoms with E-state index in [2.05, 4.69) is 18.2 Å². The molecule has 17 heavy (non-hydrogen) atoms. The van der Waals surface area contributed by atoms with Crippen LogP contribution in [0.15, 0.2) is 42.5 Å². The predicted octanol–water partition coefficient (Wildman–Crippen LogP) is 3.09. The van der Waals surface area contributed by atoms with E-state index in [9.17, 15) is 0 Å². The lowest BCUT2D eigenvalue weighted by Crippen LogP contribution is -1.97. The third-order valence-corrected chi connectivity index (χ3v) is 2.69. The van der Waals surface area contributed by atoms with Crippen LogP contribution < -0.4 is 9.47 Å². The van der Waals surface area contributed by atoms with Crippen LogP contribution in [0.4, 0.5) is 0 Å². The van der Waals surface area contributed by atoms with Crippen LogP contribution in [0.5, 0.6) is 11.5 Å². The van der Waals surface area contributed by atoms with Gasteiger partial charge in [-0.1, -0.05) is 30.3 Å². The summed E-state index contributed by atoms with van der Waals surface area (Å²) < 4.78 is 10.7. The second kappa shape index (κ2) is 5.39. The van der Waals surface area contributed by atoms with Crippen LogP contribution in [-0.4, -0.2) is 14.2 Å². The van der Waals surface area contributed by atoms with Gasteiger partial charge in [0.25, 0.3) is 0 Å². The zero-order chi connectivity index (χ0) is 12.1. The van der Waals surface area contributed by atoms with E-state index in [-0.39, 0.29) is 0 Å². The zero-order valence-electron chi connectivity index (χ0n) is 10.1. The molecule has 0 N–H and O–H groups in total. The zero-order valence-corrected chi connectivity index (χ0v) is 10.1. The number of rotatable bonds is 4. The number of ether oxygens (including phenoxy) is 2. The molecule has 0 heterocycles. The molecule has 87 valence electrons. The van der Waals surface area contributed by atoms with Gasteiger partial charge in [-0.25, -0.2) is 0 Å². The van der Waals surface area contributed by atoms with Crippen LogP contribution in [0, 0.1) is 6.07 Å². The molecule has 2 aromatic carbocycles. The Balaban J connectivity index is 2.37. The van der Waals surface area contributed by atoms with Gasteiger partial charge in [-0.3, -0.25) is 0 Å². The van der Waals surface area contributed by atoms with Crippen molar-refractivity contribution in [3.05, 3.63) is 59.7 Å². The van der Waals surface area contributed by atoms with E-state index in [1.54, 1.807) is 14.2 Å². The molecule has 0 atom stereocenters. The van der Waals surface area contributed by atoms with Gasteiger partial charge < -0.3 is 9.47 Å². The highest BCUT2D eigenvalue weighted by atomic mass is 16.5. The topological polar surface area (TPSA) is 18.5 Å². The Labute approximate surface area is 102 Å². The van der Waals surface area contributed by atoms with Gasteiger partial charge >= 0.3 is 0 Å². The van der Waals surface area contributed by atoms with Crippen molar-refractivity contribution in [1.82, 2.24) is 0 Å². The number of benzene rings is 2.